The lowest BCUT2D eigenvalue weighted by Crippen LogP contribution is -2.45. The number of amides is 1. The molecule has 5 rings (SSSR count). The van der Waals surface area contributed by atoms with Crippen LogP contribution in [0.1, 0.15) is 33.0 Å². The highest BCUT2D eigenvalue weighted by molar-refractivity contribution is 6.42. The second-order valence-corrected chi connectivity index (χ2v) is 10.2. The molecule has 0 saturated heterocycles. The van der Waals surface area contributed by atoms with Crippen molar-refractivity contribution in [2.24, 2.45) is 0 Å². The Morgan fingerprint density at radius 1 is 0.805 bits per heavy atom. The first kappa shape index (κ1) is 28.1. The fourth-order valence-electron chi connectivity index (χ4n) is 4.80. The van der Waals surface area contributed by atoms with Crippen LogP contribution in [-0.2, 0) is 11.4 Å². The third-order valence-electron chi connectivity index (χ3n) is 6.75. The van der Waals surface area contributed by atoms with Crippen LogP contribution in [0.25, 0.3) is 10.8 Å². The van der Waals surface area contributed by atoms with Gasteiger partial charge in [0.25, 0.3) is 5.91 Å². The average molecular weight is 588 g/mol. The van der Waals surface area contributed by atoms with Gasteiger partial charge in [-0.15, -0.1) is 0 Å². The summed E-state index contributed by atoms with van der Waals surface area (Å²) in [6.45, 7) is 0.0344. The van der Waals surface area contributed by atoms with Crippen LogP contribution in [0, 0.1) is 5.82 Å². The summed E-state index contributed by atoms with van der Waals surface area (Å²) in [7, 11) is 0. The Labute approximate surface area is 246 Å². The number of benzene rings is 5. The number of hydrogen-bond acceptors (Lipinski definition) is 3. The van der Waals surface area contributed by atoms with E-state index in [0.29, 0.717) is 26.4 Å². The molecule has 41 heavy (non-hydrogen) atoms. The second-order valence-electron chi connectivity index (χ2n) is 9.43. The Kier molecular flexibility index (Phi) is 8.53. The molecule has 5 aromatic carbocycles. The number of carbonyl (C=O) groups excluding carboxylic acids is 1. The van der Waals surface area contributed by atoms with Crippen LogP contribution < -0.4 is 10.1 Å². The van der Waals surface area contributed by atoms with Crippen molar-refractivity contribution < 1.29 is 23.8 Å². The van der Waals surface area contributed by atoms with Gasteiger partial charge in [-0.25, -0.2) is 9.18 Å². The fraction of sp³-hybridized carbons (Fsp3) is 0.0909. The summed E-state index contributed by atoms with van der Waals surface area (Å²) in [5.74, 6) is -2.77. The molecule has 5 aromatic rings. The highest BCUT2D eigenvalue weighted by atomic mass is 35.5. The molecule has 1 atom stereocenters. The Hall–Kier alpha value is -4.39. The van der Waals surface area contributed by atoms with Gasteiger partial charge in [0.05, 0.1) is 15.6 Å². The number of ether oxygens (including phenoxy) is 1. The van der Waals surface area contributed by atoms with Crippen LogP contribution >= 0.6 is 23.2 Å². The van der Waals surface area contributed by atoms with Gasteiger partial charge in [-0.05, 0) is 58.5 Å². The average Bonchev–Trinajstić information content (AvgIpc) is 2.98. The first-order chi connectivity index (χ1) is 19.8. The molecule has 0 radical (unpaired) electrons. The van der Waals surface area contributed by atoms with Crippen molar-refractivity contribution in [3.63, 3.8) is 0 Å². The number of fused-ring (bicyclic) bond motifs is 1. The van der Waals surface area contributed by atoms with Crippen molar-refractivity contribution in [3.8, 4) is 5.75 Å². The molecule has 0 aliphatic rings. The van der Waals surface area contributed by atoms with Gasteiger partial charge in [-0.2, -0.15) is 0 Å². The standard InChI is InChI=1S/C33H24Cl2FNO4/c34-27-16-11-20(17-28(27)35)19-41-31-25-15-13-24(36)18-23(25)12-14-26(31)32(38)37-30(33(39)40)29(21-7-3-1-4-8-21)22-9-5-2-6-10-22/h1-18,29-30H,19H2,(H,37,38)(H,39,40)/t30-/m0/s1. The Balaban J connectivity index is 1.53. The molecule has 2 N–H and O–H groups in total. The summed E-state index contributed by atoms with van der Waals surface area (Å²) in [6, 6.07) is 29.3. The minimum atomic E-state index is -1.31. The number of hydrogen-bond donors (Lipinski definition) is 2. The molecule has 1 amide bonds. The third-order valence-corrected chi connectivity index (χ3v) is 7.49. The van der Waals surface area contributed by atoms with Crippen molar-refractivity contribution in [3.05, 3.63) is 147 Å². The van der Waals surface area contributed by atoms with E-state index < -0.39 is 29.7 Å². The van der Waals surface area contributed by atoms with Gasteiger partial charge >= 0.3 is 5.97 Å². The van der Waals surface area contributed by atoms with Crippen LogP contribution in [0.4, 0.5) is 4.39 Å². The van der Waals surface area contributed by atoms with Crippen molar-refractivity contribution in [1.82, 2.24) is 5.32 Å². The summed E-state index contributed by atoms with van der Waals surface area (Å²) in [6.07, 6.45) is 0. The first-order valence-corrected chi connectivity index (χ1v) is 13.5. The van der Waals surface area contributed by atoms with Crippen molar-refractivity contribution in [2.45, 2.75) is 18.6 Å². The number of carboxylic acids is 1. The van der Waals surface area contributed by atoms with E-state index in [1.807, 2.05) is 60.7 Å². The fourth-order valence-corrected chi connectivity index (χ4v) is 5.12. The molecule has 0 fully saturated rings. The van der Waals surface area contributed by atoms with Crippen LogP contribution in [0.3, 0.4) is 0 Å². The SMILES string of the molecule is O=C(N[C@H](C(=O)O)C(c1ccccc1)c1ccccc1)c1ccc2cc(F)ccc2c1OCc1ccc(Cl)c(Cl)c1. The molecule has 0 spiro atoms. The Morgan fingerprint density at radius 3 is 2.07 bits per heavy atom. The summed E-state index contributed by atoms with van der Waals surface area (Å²) < 4.78 is 20.2. The summed E-state index contributed by atoms with van der Waals surface area (Å²) in [4.78, 5) is 26.4. The van der Waals surface area contributed by atoms with Gasteiger partial charge in [0.15, 0.2) is 0 Å². The van der Waals surface area contributed by atoms with Crippen LogP contribution in [-0.4, -0.2) is 23.0 Å². The Bertz CT molecular complexity index is 1670. The maximum atomic E-state index is 14.0. The number of carboxylic acid groups (broad SMARTS) is 1. The van der Waals surface area contributed by atoms with E-state index in [2.05, 4.69) is 5.32 Å². The number of aliphatic carboxylic acids is 1. The lowest BCUT2D eigenvalue weighted by molar-refractivity contribution is -0.139. The lowest BCUT2D eigenvalue weighted by atomic mass is 9.84. The third kappa shape index (κ3) is 6.35. The number of rotatable bonds is 9. The van der Waals surface area contributed by atoms with E-state index in [9.17, 15) is 19.1 Å². The zero-order valence-corrected chi connectivity index (χ0v) is 23.1. The van der Waals surface area contributed by atoms with Gasteiger partial charge in [-0.1, -0.05) is 96.0 Å². The minimum Gasteiger partial charge on any atom is -0.487 e. The normalized spacial score (nSPS) is 11.8. The highest BCUT2D eigenvalue weighted by Crippen LogP contribution is 2.34. The molecule has 8 heteroatoms. The molecule has 0 aliphatic heterocycles. The first-order valence-electron chi connectivity index (χ1n) is 12.7. The lowest BCUT2D eigenvalue weighted by Gasteiger charge is -2.26. The number of halogens is 3. The van der Waals surface area contributed by atoms with Gasteiger partial charge in [-0.3, -0.25) is 4.79 Å². The summed E-state index contributed by atoms with van der Waals surface area (Å²) >= 11 is 12.2. The highest BCUT2D eigenvalue weighted by Gasteiger charge is 2.33. The van der Waals surface area contributed by atoms with E-state index in [4.69, 9.17) is 27.9 Å². The zero-order chi connectivity index (χ0) is 28.9. The van der Waals surface area contributed by atoms with E-state index in [1.165, 1.54) is 24.3 Å². The van der Waals surface area contributed by atoms with Gasteiger partial charge in [0, 0.05) is 11.3 Å². The van der Waals surface area contributed by atoms with Crippen LogP contribution in [0.15, 0.2) is 109 Å². The molecule has 0 aliphatic carbocycles. The molecule has 206 valence electrons. The van der Waals surface area contributed by atoms with Gasteiger partial charge in [0.2, 0.25) is 0 Å². The van der Waals surface area contributed by atoms with E-state index in [1.54, 1.807) is 24.3 Å². The quantitative estimate of drug-likeness (QED) is 0.184. The van der Waals surface area contributed by atoms with Gasteiger partial charge in [0.1, 0.15) is 24.2 Å². The number of carbonyl (C=O) groups is 2. The maximum absolute atomic E-state index is 14.0. The smallest absolute Gasteiger partial charge is 0.327 e. The molecule has 0 saturated carbocycles. The monoisotopic (exact) mass is 587 g/mol. The van der Waals surface area contributed by atoms with Gasteiger partial charge < -0.3 is 15.2 Å². The van der Waals surface area contributed by atoms with E-state index in [-0.39, 0.29) is 17.9 Å². The zero-order valence-electron chi connectivity index (χ0n) is 21.6. The van der Waals surface area contributed by atoms with E-state index in [0.717, 1.165) is 11.1 Å². The largest absolute Gasteiger partial charge is 0.487 e. The van der Waals surface area contributed by atoms with Crippen molar-refractivity contribution in [2.75, 3.05) is 0 Å². The predicted molar refractivity (Wildman–Crippen MR) is 158 cm³/mol. The second kappa shape index (κ2) is 12.4. The molecule has 0 heterocycles. The van der Waals surface area contributed by atoms with Crippen molar-refractivity contribution in [1.29, 1.82) is 0 Å². The predicted octanol–water partition coefficient (Wildman–Crippen LogP) is 7.88. The summed E-state index contributed by atoms with van der Waals surface area (Å²) in [5.41, 5.74) is 2.27. The molecule has 0 unspecified atom stereocenters. The molecular formula is C33H24Cl2FNO4. The molecular weight excluding hydrogens is 564 g/mol. The maximum Gasteiger partial charge on any atom is 0.327 e. The molecule has 0 aromatic heterocycles. The minimum absolute atomic E-state index is 0.0344. The van der Waals surface area contributed by atoms with Crippen LogP contribution in [0.5, 0.6) is 5.75 Å². The topological polar surface area (TPSA) is 75.6 Å². The molecule has 0 bridgehead atoms. The van der Waals surface area contributed by atoms with E-state index >= 15 is 0 Å². The summed E-state index contributed by atoms with van der Waals surface area (Å²) in [5, 5.41) is 14.8. The number of nitrogens with one attached hydrogen (secondary N) is 1. The Morgan fingerprint density at radius 2 is 1.46 bits per heavy atom. The van der Waals surface area contributed by atoms with Crippen molar-refractivity contribution >= 4 is 45.9 Å². The van der Waals surface area contributed by atoms with Crippen LogP contribution in [0.2, 0.25) is 10.0 Å². The molecule has 5 nitrogen and oxygen atoms in total.